The van der Waals surface area contributed by atoms with Crippen molar-refractivity contribution in [1.29, 1.82) is 0 Å². The average molecular weight is 463 g/mol. The summed E-state index contributed by atoms with van der Waals surface area (Å²) in [6.07, 6.45) is 6.88. The fraction of sp³-hybridized carbons (Fsp3) is 0.429. The molecule has 1 aromatic heterocycles. The van der Waals surface area contributed by atoms with Gasteiger partial charge in [-0.25, -0.2) is 4.39 Å². The number of nitrogens with zero attached hydrogens (tertiary/aromatic N) is 1. The summed E-state index contributed by atoms with van der Waals surface area (Å²) >= 11 is 0. The molecule has 34 heavy (non-hydrogen) atoms. The number of aryl methyl sites for hydroxylation is 1. The number of ether oxygens (including phenoxy) is 2. The summed E-state index contributed by atoms with van der Waals surface area (Å²) in [6.45, 7) is 2.81. The van der Waals surface area contributed by atoms with E-state index < -0.39 is 0 Å². The number of carbonyl (C=O) groups excluding carboxylic acids is 1. The second-order valence-electron chi connectivity index (χ2n) is 9.77. The van der Waals surface area contributed by atoms with Crippen LogP contribution >= 0.6 is 0 Å². The van der Waals surface area contributed by atoms with Crippen molar-refractivity contribution in [3.05, 3.63) is 65.6 Å². The number of halogens is 1. The van der Waals surface area contributed by atoms with Crippen LogP contribution < -0.4 is 10.1 Å². The van der Waals surface area contributed by atoms with Gasteiger partial charge in [0.15, 0.2) is 0 Å². The van der Waals surface area contributed by atoms with E-state index in [0.717, 1.165) is 54.4 Å². The average Bonchev–Trinajstić information content (AvgIpc) is 3.55. The molecule has 0 unspecified atom stereocenters. The molecule has 1 amide bonds. The molecule has 2 aromatic carbocycles. The van der Waals surface area contributed by atoms with Crippen LogP contribution in [0.5, 0.6) is 5.75 Å². The van der Waals surface area contributed by atoms with Gasteiger partial charge >= 0.3 is 0 Å². The van der Waals surface area contributed by atoms with Crippen molar-refractivity contribution in [3.8, 4) is 5.75 Å². The molecule has 0 bridgehead atoms. The Kier molecular flexibility index (Phi) is 6.26. The summed E-state index contributed by atoms with van der Waals surface area (Å²) in [5, 5.41) is 4.00. The number of methoxy groups -OCH3 is 1. The Morgan fingerprint density at radius 3 is 2.65 bits per heavy atom. The van der Waals surface area contributed by atoms with Gasteiger partial charge in [-0.2, -0.15) is 0 Å². The normalized spacial score (nSPS) is 23.7. The van der Waals surface area contributed by atoms with E-state index in [1.807, 2.05) is 42.6 Å². The molecule has 1 N–H and O–H groups in total. The van der Waals surface area contributed by atoms with E-state index in [2.05, 4.69) is 10.3 Å². The molecule has 3 aromatic rings. The minimum atomic E-state index is -0.178. The third kappa shape index (κ3) is 4.51. The largest absolute Gasteiger partial charge is 0.491 e. The molecular weight excluding hydrogens is 431 g/mol. The molecule has 6 heteroatoms. The number of aromatic nitrogens is 1. The van der Waals surface area contributed by atoms with Gasteiger partial charge in [0.05, 0.1) is 12.1 Å². The number of pyridine rings is 1. The van der Waals surface area contributed by atoms with Crippen LogP contribution in [0.25, 0.3) is 10.9 Å². The summed E-state index contributed by atoms with van der Waals surface area (Å²) in [5.74, 6) is 1.14. The Hall–Kier alpha value is -2.99. The van der Waals surface area contributed by atoms with Crippen LogP contribution in [-0.2, 0) is 9.53 Å². The minimum Gasteiger partial charge on any atom is -0.491 e. The topological polar surface area (TPSA) is 60.5 Å². The van der Waals surface area contributed by atoms with Gasteiger partial charge in [0, 0.05) is 30.3 Å². The predicted octanol–water partition coefficient (Wildman–Crippen LogP) is 6.01. The third-order valence-corrected chi connectivity index (χ3v) is 7.66. The second kappa shape index (κ2) is 9.34. The molecule has 0 radical (unpaired) electrons. The zero-order valence-corrected chi connectivity index (χ0v) is 19.8. The molecule has 1 spiro atoms. The number of anilines is 1. The number of hydrogen-bond acceptors (Lipinski definition) is 4. The van der Waals surface area contributed by atoms with Crippen molar-refractivity contribution in [1.82, 2.24) is 4.98 Å². The quantitative estimate of drug-likeness (QED) is 0.437. The van der Waals surface area contributed by atoms with Gasteiger partial charge in [0.25, 0.3) is 0 Å². The van der Waals surface area contributed by atoms with Crippen molar-refractivity contribution >= 4 is 22.5 Å². The maximum Gasteiger partial charge on any atom is 0.228 e. The molecule has 1 heterocycles. The number of hydrogen-bond donors (Lipinski definition) is 1. The lowest BCUT2D eigenvalue weighted by Crippen LogP contribution is -2.22. The second-order valence-corrected chi connectivity index (χ2v) is 9.77. The molecule has 2 fully saturated rings. The van der Waals surface area contributed by atoms with Crippen molar-refractivity contribution in [3.63, 3.8) is 0 Å². The van der Waals surface area contributed by atoms with Crippen LogP contribution in [0.4, 0.5) is 10.1 Å². The van der Waals surface area contributed by atoms with Crippen LogP contribution in [0, 0.1) is 24.1 Å². The van der Waals surface area contributed by atoms with E-state index in [-0.39, 0.29) is 23.1 Å². The van der Waals surface area contributed by atoms with Gasteiger partial charge in [0.1, 0.15) is 18.2 Å². The maximum absolute atomic E-state index is 14.3. The number of benzene rings is 2. The number of nitrogens with one attached hydrogen (secondary N) is 1. The first kappa shape index (κ1) is 22.8. The van der Waals surface area contributed by atoms with E-state index in [0.29, 0.717) is 24.7 Å². The number of rotatable bonds is 7. The Bertz CT molecular complexity index is 1190. The summed E-state index contributed by atoms with van der Waals surface area (Å²) in [6, 6.07) is 13.0. The molecular formula is C28H31FN2O3. The molecule has 5 rings (SSSR count). The van der Waals surface area contributed by atoms with Crippen LogP contribution in [0.2, 0.25) is 0 Å². The number of amides is 1. The first-order valence-electron chi connectivity index (χ1n) is 12.1. The van der Waals surface area contributed by atoms with Gasteiger partial charge in [-0.15, -0.1) is 0 Å². The maximum atomic E-state index is 14.3. The fourth-order valence-corrected chi connectivity index (χ4v) is 5.53. The molecule has 0 saturated heterocycles. The van der Waals surface area contributed by atoms with Crippen molar-refractivity contribution in [2.24, 2.45) is 11.3 Å². The van der Waals surface area contributed by atoms with E-state index >= 15 is 0 Å². The van der Waals surface area contributed by atoms with E-state index in [4.69, 9.17) is 9.47 Å². The van der Waals surface area contributed by atoms with E-state index in [1.165, 1.54) is 5.56 Å². The Balaban J connectivity index is 1.19. The van der Waals surface area contributed by atoms with Crippen molar-refractivity contribution < 1.29 is 18.7 Å². The highest BCUT2D eigenvalue weighted by Crippen LogP contribution is 2.63. The Morgan fingerprint density at radius 2 is 1.91 bits per heavy atom. The van der Waals surface area contributed by atoms with Gasteiger partial charge in [-0.05, 0) is 104 Å². The molecule has 2 saturated carbocycles. The summed E-state index contributed by atoms with van der Waals surface area (Å²) in [7, 11) is 1.64. The summed E-state index contributed by atoms with van der Waals surface area (Å²) < 4.78 is 24.8. The molecule has 178 valence electrons. The van der Waals surface area contributed by atoms with Gasteiger partial charge in [0.2, 0.25) is 5.91 Å². The van der Waals surface area contributed by atoms with Crippen molar-refractivity contribution in [2.45, 2.75) is 44.9 Å². The highest BCUT2D eigenvalue weighted by Gasteiger charge is 2.58. The zero-order valence-electron chi connectivity index (χ0n) is 19.8. The lowest BCUT2D eigenvalue weighted by molar-refractivity contribution is -0.118. The van der Waals surface area contributed by atoms with Crippen LogP contribution in [0.15, 0.2) is 48.7 Å². The van der Waals surface area contributed by atoms with Crippen molar-refractivity contribution in [2.75, 3.05) is 25.6 Å². The number of carbonyl (C=O) groups is 1. The minimum absolute atomic E-state index is 0.0698. The standard InChI is InChI=1S/C28H31FN2O3/c1-18-15-26-23(16-25(18)29)22(9-12-30-26)19-7-10-28(11-8-19)17-24(28)27(32)31-20-3-5-21(6-4-20)34-14-13-33-2/h3-6,9,12,15-16,19,24H,7-8,10-11,13-14,17H2,1-2H3,(H,31,32)/t19?,24-,28?/m0/s1. The van der Waals surface area contributed by atoms with Crippen LogP contribution in [0.1, 0.15) is 49.1 Å². The molecule has 2 aliphatic rings. The Morgan fingerprint density at radius 1 is 1.15 bits per heavy atom. The first-order valence-corrected chi connectivity index (χ1v) is 12.1. The van der Waals surface area contributed by atoms with Crippen LogP contribution in [0.3, 0.4) is 0 Å². The molecule has 5 nitrogen and oxygen atoms in total. The smallest absolute Gasteiger partial charge is 0.228 e. The van der Waals surface area contributed by atoms with Gasteiger partial charge in [-0.3, -0.25) is 9.78 Å². The van der Waals surface area contributed by atoms with Crippen LogP contribution in [-0.4, -0.2) is 31.2 Å². The first-order chi connectivity index (χ1) is 16.5. The molecule has 2 aliphatic carbocycles. The third-order valence-electron chi connectivity index (χ3n) is 7.66. The number of fused-ring (bicyclic) bond motifs is 1. The van der Waals surface area contributed by atoms with E-state index in [1.54, 1.807) is 20.1 Å². The molecule has 0 aliphatic heterocycles. The lowest BCUT2D eigenvalue weighted by Gasteiger charge is -2.30. The molecule has 1 atom stereocenters. The summed E-state index contributed by atoms with van der Waals surface area (Å²) in [5.41, 5.74) is 3.58. The monoisotopic (exact) mass is 462 g/mol. The zero-order chi connectivity index (χ0) is 23.7. The SMILES string of the molecule is COCCOc1ccc(NC(=O)[C@@H]2CC23CCC(c2ccnc4cc(C)c(F)cc24)CC3)cc1. The lowest BCUT2D eigenvalue weighted by atomic mass is 9.75. The Labute approximate surface area is 199 Å². The highest BCUT2D eigenvalue weighted by atomic mass is 19.1. The fourth-order valence-electron chi connectivity index (χ4n) is 5.53. The van der Waals surface area contributed by atoms with Gasteiger partial charge in [-0.1, -0.05) is 0 Å². The summed E-state index contributed by atoms with van der Waals surface area (Å²) in [4.78, 5) is 17.4. The highest BCUT2D eigenvalue weighted by molar-refractivity contribution is 5.95. The van der Waals surface area contributed by atoms with Gasteiger partial charge < -0.3 is 14.8 Å². The predicted molar refractivity (Wildman–Crippen MR) is 131 cm³/mol. The van der Waals surface area contributed by atoms with E-state index in [9.17, 15) is 9.18 Å².